The van der Waals surface area contributed by atoms with Crippen molar-refractivity contribution in [2.24, 2.45) is 0 Å². The Kier molecular flexibility index (Phi) is 4.88. The van der Waals surface area contributed by atoms with E-state index in [-0.39, 0.29) is 19.3 Å². The molecular weight excluding hydrogens is 320 g/mol. The predicted octanol–water partition coefficient (Wildman–Crippen LogP) is 3.52. The van der Waals surface area contributed by atoms with Gasteiger partial charge in [-0.05, 0) is 37.1 Å². The predicted molar refractivity (Wildman–Crippen MR) is 95.0 cm³/mol. The van der Waals surface area contributed by atoms with Gasteiger partial charge in [0.2, 0.25) is 0 Å². The van der Waals surface area contributed by atoms with E-state index in [9.17, 15) is 5.11 Å². The standard InChI is InChI=1S/C20H22O5/c21-14(12-23-15-7-9-22-10-8-15)13-24-16-5-6-20-18(11-16)17-3-1-2-4-19(17)25-20/h1-6,11,14-15,21H,7-10,12-13H2. The van der Waals surface area contributed by atoms with Gasteiger partial charge in [0.05, 0.1) is 12.7 Å². The summed E-state index contributed by atoms with van der Waals surface area (Å²) in [6.45, 7) is 1.94. The van der Waals surface area contributed by atoms with Crippen LogP contribution in [0.4, 0.5) is 0 Å². The van der Waals surface area contributed by atoms with E-state index < -0.39 is 6.10 Å². The van der Waals surface area contributed by atoms with Gasteiger partial charge in [-0.1, -0.05) is 18.2 Å². The van der Waals surface area contributed by atoms with Crippen molar-refractivity contribution < 1.29 is 23.7 Å². The Morgan fingerprint density at radius 1 is 1.00 bits per heavy atom. The number of aliphatic hydroxyl groups is 1. The van der Waals surface area contributed by atoms with Gasteiger partial charge in [0.15, 0.2) is 0 Å². The highest BCUT2D eigenvalue weighted by molar-refractivity contribution is 6.05. The summed E-state index contributed by atoms with van der Waals surface area (Å²) in [5, 5.41) is 12.2. The number of benzene rings is 2. The highest BCUT2D eigenvalue weighted by Gasteiger charge is 2.16. The van der Waals surface area contributed by atoms with E-state index in [1.807, 2.05) is 42.5 Å². The second-order valence-electron chi connectivity index (χ2n) is 6.37. The molecule has 2 aromatic carbocycles. The van der Waals surface area contributed by atoms with Gasteiger partial charge in [-0.15, -0.1) is 0 Å². The number of para-hydroxylation sites is 1. The zero-order valence-corrected chi connectivity index (χ0v) is 14.0. The van der Waals surface area contributed by atoms with Gasteiger partial charge in [-0.2, -0.15) is 0 Å². The molecule has 0 saturated carbocycles. The number of fused-ring (bicyclic) bond motifs is 3. The molecular formula is C20H22O5. The minimum absolute atomic E-state index is 0.178. The van der Waals surface area contributed by atoms with E-state index in [1.165, 1.54) is 0 Å². The van der Waals surface area contributed by atoms with Crippen molar-refractivity contribution in [1.82, 2.24) is 0 Å². The van der Waals surface area contributed by atoms with Crippen LogP contribution in [0.25, 0.3) is 21.9 Å². The number of furan rings is 1. The van der Waals surface area contributed by atoms with Crippen LogP contribution < -0.4 is 4.74 Å². The second kappa shape index (κ2) is 7.44. The van der Waals surface area contributed by atoms with Crippen LogP contribution in [-0.4, -0.2) is 43.7 Å². The monoisotopic (exact) mass is 342 g/mol. The van der Waals surface area contributed by atoms with Crippen LogP contribution in [0, 0.1) is 0 Å². The molecule has 0 spiro atoms. The average molecular weight is 342 g/mol. The average Bonchev–Trinajstić information content (AvgIpc) is 3.03. The summed E-state index contributed by atoms with van der Waals surface area (Å²) >= 11 is 0. The van der Waals surface area contributed by atoms with Crippen LogP contribution >= 0.6 is 0 Å². The number of hydrogen-bond acceptors (Lipinski definition) is 5. The minimum Gasteiger partial charge on any atom is -0.491 e. The molecule has 1 aromatic heterocycles. The van der Waals surface area contributed by atoms with Crippen LogP contribution in [-0.2, 0) is 9.47 Å². The van der Waals surface area contributed by atoms with Crippen molar-refractivity contribution in [3.05, 3.63) is 42.5 Å². The summed E-state index contributed by atoms with van der Waals surface area (Å²) in [5.74, 6) is 0.712. The van der Waals surface area contributed by atoms with Gasteiger partial charge < -0.3 is 23.7 Å². The maximum absolute atomic E-state index is 10.1. The molecule has 1 fully saturated rings. The molecule has 1 atom stereocenters. The Labute approximate surface area is 146 Å². The first-order valence-corrected chi connectivity index (χ1v) is 8.71. The summed E-state index contributed by atoms with van der Waals surface area (Å²) in [6, 6.07) is 13.6. The van der Waals surface area contributed by atoms with E-state index in [4.69, 9.17) is 18.6 Å². The number of rotatable bonds is 6. The Balaban J connectivity index is 1.36. The first-order chi connectivity index (χ1) is 12.3. The van der Waals surface area contributed by atoms with Crippen LogP contribution in [0.5, 0.6) is 5.75 Å². The summed E-state index contributed by atoms with van der Waals surface area (Å²) in [5.41, 5.74) is 1.69. The van der Waals surface area contributed by atoms with E-state index in [2.05, 4.69) is 0 Å². The van der Waals surface area contributed by atoms with Gasteiger partial charge in [0, 0.05) is 24.0 Å². The quantitative estimate of drug-likeness (QED) is 0.743. The molecule has 2 heterocycles. The Hall–Kier alpha value is -2.08. The van der Waals surface area contributed by atoms with E-state index in [0.29, 0.717) is 5.75 Å². The fraction of sp³-hybridized carbons (Fsp3) is 0.400. The van der Waals surface area contributed by atoms with Crippen molar-refractivity contribution in [3.8, 4) is 5.75 Å². The molecule has 4 rings (SSSR count). The molecule has 5 nitrogen and oxygen atoms in total. The van der Waals surface area contributed by atoms with Gasteiger partial charge >= 0.3 is 0 Å². The fourth-order valence-electron chi connectivity index (χ4n) is 3.13. The molecule has 1 N–H and O–H groups in total. The zero-order valence-electron chi connectivity index (χ0n) is 14.0. The Morgan fingerprint density at radius 2 is 1.80 bits per heavy atom. The maximum Gasteiger partial charge on any atom is 0.135 e. The van der Waals surface area contributed by atoms with Crippen molar-refractivity contribution in [1.29, 1.82) is 0 Å². The van der Waals surface area contributed by atoms with Crippen molar-refractivity contribution in [2.75, 3.05) is 26.4 Å². The van der Waals surface area contributed by atoms with Crippen LogP contribution in [0.15, 0.2) is 46.9 Å². The first-order valence-electron chi connectivity index (χ1n) is 8.71. The van der Waals surface area contributed by atoms with Crippen molar-refractivity contribution in [2.45, 2.75) is 25.0 Å². The summed E-state index contributed by atoms with van der Waals surface area (Å²) in [4.78, 5) is 0. The van der Waals surface area contributed by atoms with Gasteiger partial charge in [-0.25, -0.2) is 0 Å². The third-order valence-electron chi connectivity index (χ3n) is 4.48. The molecule has 132 valence electrons. The van der Waals surface area contributed by atoms with E-state index in [0.717, 1.165) is 48.0 Å². The fourth-order valence-corrected chi connectivity index (χ4v) is 3.13. The molecule has 1 saturated heterocycles. The number of hydrogen-bond donors (Lipinski definition) is 1. The van der Waals surface area contributed by atoms with Crippen LogP contribution in [0.2, 0.25) is 0 Å². The molecule has 1 unspecified atom stereocenters. The molecule has 0 amide bonds. The number of aliphatic hydroxyl groups excluding tert-OH is 1. The molecule has 5 heteroatoms. The topological polar surface area (TPSA) is 61.1 Å². The minimum atomic E-state index is -0.653. The number of ether oxygens (including phenoxy) is 3. The third kappa shape index (κ3) is 3.79. The lowest BCUT2D eigenvalue weighted by Gasteiger charge is -2.23. The van der Waals surface area contributed by atoms with Gasteiger partial charge in [0.1, 0.15) is 29.6 Å². The summed E-state index contributed by atoms with van der Waals surface area (Å²) in [6.07, 6.45) is 1.30. The lowest BCUT2D eigenvalue weighted by Crippen LogP contribution is -2.30. The van der Waals surface area contributed by atoms with E-state index in [1.54, 1.807) is 0 Å². The smallest absolute Gasteiger partial charge is 0.135 e. The third-order valence-corrected chi connectivity index (χ3v) is 4.48. The van der Waals surface area contributed by atoms with Crippen LogP contribution in [0.3, 0.4) is 0 Å². The van der Waals surface area contributed by atoms with Gasteiger partial charge in [0.25, 0.3) is 0 Å². The molecule has 3 aromatic rings. The largest absolute Gasteiger partial charge is 0.491 e. The Morgan fingerprint density at radius 3 is 2.68 bits per heavy atom. The highest BCUT2D eigenvalue weighted by atomic mass is 16.5. The zero-order chi connectivity index (χ0) is 17.1. The Bertz CT molecular complexity index is 834. The van der Waals surface area contributed by atoms with Crippen molar-refractivity contribution >= 4 is 21.9 Å². The van der Waals surface area contributed by atoms with Gasteiger partial charge in [-0.3, -0.25) is 0 Å². The van der Waals surface area contributed by atoms with Crippen LogP contribution in [0.1, 0.15) is 12.8 Å². The van der Waals surface area contributed by atoms with Crippen molar-refractivity contribution in [3.63, 3.8) is 0 Å². The molecule has 0 radical (unpaired) electrons. The summed E-state index contributed by atoms with van der Waals surface area (Å²) in [7, 11) is 0. The summed E-state index contributed by atoms with van der Waals surface area (Å²) < 4.78 is 22.6. The molecule has 0 aliphatic carbocycles. The second-order valence-corrected chi connectivity index (χ2v) is 6.37. The molecule has 0 bridgehead atoms. The normalized spacial score (nSPS) is 17.2. The molecule has 25 heavy (non-hydrogen) atoms. The SMILES string of the molecule is OC(COc1ccc2oc3ccccc3c2c1)COC1CCOCC1. The lowest BCUT2D eigenvalue weighted by atomic mass is 10.1. The first kappa shape index (κ1) is 16.4. The van der Waals surface area contributed by atoms with E-state index >= 15 is 0 Å². The molecule has 1 aliphatic heterocycles. The lowest BCUT2D eigenvalue weighted by molar-refractivity contribution is -0.0659. The maximum atomic E-state index is 10.1. The molecule has 1 aliphatic rings. The highest BCUT2D eigenvalue weighted by Crippen LogP contribution is 2.31.